The molecule has 0 bridgehead atoms. The maximum absolute atomic E-state index is 12.1. The van der Waals surface area contributed by atoms with Crippen molar-refractivity contribution < 1.29 is 9.59 Å². The number of rotatable bonds is 4. The molecule has 0 aliphatic rings. The van der Waals surface area contributed by atoms with Gasteiger partial charge in [0, 0.05) is 24.5 Å². The minimum atomic E-state index is -0.595. The van der Waals surface area contributed by atoms with Crippen molar-refractivity contribution in [2.24, 2.45) is 0 Å². The van der Waals surface area contributed by atoms with E-state index in [1.54, 1.807) is 24.5 Å². The maximum Gasteiger partial charge on any atom is 0.292 e. The van der Waals surface area contributed by atoms with Crippen LogP contribution in [-0.4, -0.2) is 16.7 Å². The Morgan fingerprint density at radius 3 is 2.70 bits per heavy atom. The van der Waals surface area contributed by atoms with E-state index in [4.69, 9.17) is 0 Å². The number of hydrogen-bond donors (Lipinski definition) is 1. The van der Waals surface area contributed by atoms with Gasteiger partial charge >= 0.3 is 0 Å². The van der Waals surface area contributed by atoms with Crippen molar-refractivity contribution in [2.45, 2.75) is 20.4 Å². The predicted molar refractivity (Wildman–Crippen MR) is 76.3 cm³/mol. The number of amides is 1. The molecule has 0 unspecified atom stereocenters. The molecule has 4 nitrogen and oxygen atoms in total. The van der Waals surface area contributed by atoms with Crippen molar-refractivity contribution in [1.29, 1.82) is 0 Å². The van der Waals surface area contributed by atoms with Gasteiger partial charge in [0.15, 0.2) is 0 Å². The zero-order valence-electron chi connectivity index (χ0n) is 11.5. The molecule has 0 atom stereocenters. The first-order valence-corrected chi connectivity index (χ1v) is 6.36. The average Bonchev–Trinajstić information content (AvgIpc) is 2.47. The minimum Gasteiger partial charge on any atom is -0.345 e. The summed E-state index contributed by atoms with van der Waals surface area (Å²) in [5.41, 5.74) is 3.07. The summed E-state index contributed by atoms with van der Waals surface area (Å²) in [6, 6.07) is 9.13. The summed E-state index contributed by atoms with van der Waals surface area (Å²) in [5, 5.41) is 2.62. The van der Waals surface area contributed by atoms with Crippen LogP contribution in [0.15, 0.2) is 42.7 Å². The molecule has 0 fully saturated rings. The summed E-state index contributed by atoms with van der Waals surface area (Å²) in [6.45, 7) is 4.01. The molecule has 0 radical (unpaired) electrons. The largest absolute Gasteiger partial charge is 0.345 e. The smallest absolute Gasteiger partial charge is 0.292 e. The van der Waals surface area contributed by atoms with Crippen LogP contribution >= 0.6 is 0 Å². The van der Waals surface area contributed by atoms with Crippen LogP contribution in [0.25, 0.3) is 0 Å². The monoisotopic (exact) mass is 268 g/mol. The first kappa shape index (κ1) is 13.9. The van der Waals surface area contributed by atoms with Crippen LogP contribution in [0.4, 0.5) is 0 Å². The number of aromatic nitrogens is 1. The van der Waals surface area contributed by atoms with Crippen LogP contribution in [0.5, 0.6) is 0 Å². The van der Waals surface area contributed by atoms with E-state index in [0.717, 1.165) is 16.7 Å². The summed E-state index contributed by atoms with van der Waals surface area (Å²) >= 11 is 0. The van der Waals surface area contributed by atoms with Crippen molar-refractivity contribution in [3.63, 3.8) is 0 Å². The van der Waals surface area contributed by atoms with E-state index in [1.165, 1.54) is 0 Å². The van der Waals surface area contributed by atoms with Gasteiger partial charge in [-0.15, -0.1) is 0 Å². The molecule has 20 heavy (non-hydrogen) atoms. The number of nitrogens with one attached hydrogen (secondary N) is 1. The minimum absolute atomic E-state index is 0.295. The molecule has 0 saturated carbocycles. The number of benzene rings is 1. The number of nitrogens with zero attached hydrogens (tertiary/aromatic N) is 1. The summed E-state index contributed by atoms with van der Waals surface area (Å²) in [6.07, 6.45) is 3.31. The molecule has 0 spiro atoms. The molecule has 1 N–H and O–H groups in total. The molecule has 1 heterocycles. The number of ketones is 1. The van der Waals surface area contributed by atoms with E-state index < -0.39 is 11.7 Å². The zero-order valence-corrected chi connectivity index (χ0v) is 11.5. The fourth-order valence-electron chi connectivity index (χ4n) is 1.87. The molecular formula is C16H16N2O2. The van der Waals surface area contributed by atoms with Gasteiger partial charge in [0.25, 0.3) is 5.91 Å². The Hall–Kier alpha value is -2.49. The second kappa shape index (κ2) is 6.10. The van der Waals surface area contributed by atoms with Crippen molar-refractivity contribution in [2.75, 3.05) is 0 Å². The fraction of sp³-hybridized carbons (Fsp3) is 0.188. The molecule has 1 amide bonds. The van der Waals surface area contributed by atoms with Crippen molar-refractivity contribution >= 4 is 11.7 Å². The van der Waals surface area contributed by atoms with Gasteiger partial charge in [-0.05, 0) is 37.1 Å². The van der Waals surface area contributed by atoms with E-state index in [-0.39, 0.29) is 0 Å². The molecule has 0 aliphatic carbocycles. The highest BCUT2D eigenvalue weighted by Crippen LogP contribution is 2.11. The van der Waals surface area contributed by atoms with Gasteiger partial charge in [-0.2, -0.15) is 0 Å². The maximum atomic E-state index is 12.1. The number of pyridine rings is 1. The predicted octanol–water partition coefficient (Wildman–Crippen LogP) is 2.20. The van der Waals surface area contributed by atoms with Crippen molar-refractivity contribution in [1.82, 2.24) is 10.3 Å². The number of aryl methyl sites for hydroxylation is 2. The number of Topliss-reactive ketones (excluding diaryl/α,β-unsaturated/α-hetero) is 1. The molecule has 0 saturated heterocycles. The van der Waals surface area contributed by atoms with E-state index in [1.807, 2.05) is 32.0 Å². The van der Waals surface area contributed by atoms with Gasteiger partial charge in [0.1, 0.15) is 0 Å². The third-order valence-corrected chi connectivity index (χ3v) is 3.02. The van der Waals surface area contributed by atoms with E-state index >= 15 is 0 Å². The molecule has 102 valence electrons. The highest BCUT2D eigenvalue weighted by molar-refractivity contribution is 6.43. The van der Waals surface area contributed by atoms with Crippen molar-refractivity contribution in [3.05, 3.63) is 65.0 Å². The molecule has 2 aromatic rings. The molecule has 4 heteroatoms. The Kier molecular flexibility index (Phi) is 4.25. The SMILES string of the molecule is Cc1ccc(C)c(C(=O)C(=O)NCc2cccnc2)c1. The molecule has 2 rings (SSSR count). The Balaban J connectivity index is 2.06. The fourth-order valence-corrected chi connectivity index (χ4v) is 1.87. The second-order valence-electron chi connectivity index (χ2n) is 4.69. The van der Waals surface area contributed by atoms with Gasteiger partial charge in [-0.1, -0.05) is 23.8 Å². The van der Waals surface area contributed by atoms with Crippen LogP contribution in [0.3, 0.4) is 0 Å². The molecule has 1 aromatic heterocycles. The van der Waals surface area contributed by atoms with Crippen LogP contribution in [0.2, 0.25) is 0 Å². The Morgan fingerprint density at radius 2 is 2.00 bits per heavy atom. The van der Waals surface area contributed by atoms with Gasteiger partial charge < -0.3 is 5.32 Å². The lowest BCUT2D eigenvalue weighted by Gasteiger charge is -2.07. The number of carbonyl (C=O) groups is 2. The average molecular weight is 268 g/mol. The highest BCUT2D eigenvalue weighted by atomic mass is 16.2. The van der Waals surface area contributed by atoms with Gasteiger partial charge in [0.05, 0.1) is 0 Å². The third-order valence-electron chi connectivity index (χ3n) is 3.02. The zero-order chi connectivity index (χ0) is 14.5. The topological polar surface area (TPSA) is 59.1 Å². The summed E-state index contributed by atoms with van der Waals surface area (Å²) in [4.78, 5) is 28.0. The standard InChI is InChI=1S/C16H16N2O2/c1-11-5-6-12(2)14(8-11)15(19)16(20)18-10-13-4-3-7-17-9-13/h3-9H,10H2,1-2H3,(H,18,20). The Morgan fingerprint density at radius 1 is 1.20 bits per heavy atom. The van der Waals surface area contributed by atoms with Gasteiger partial charge in [-0.3, -0.25) is 14.6 Å². The highest BCUT2D eigenvalue weighted by Gasteiger charge is 2.17. The second-order valence-corrected chi connectivity index (χ2v) is 4.69. The third kappa shape index (κ3) is 3.29. The first-order chi connectivity index (χ1) is 9.58. The molecule has 0 aliphatic heterocycles. The normalized spacial score (nSPS) is 10.1. The van der Waals surface area contributed by atoms with Crippen LogP contribution in [0.1, 0.15) is 27.0 Å². The van der Waals surface area contributed by atoms with Gasteiger partial charge in [0.2, 0.25) is 5.78 Å². The van der Waals surface area contributed by atoms with E-state index in [2.05, 4.69) is 10.3 Å². The molecule has 1 aromatic carbocycles. The Labute approximate surface area is 117 Å². The van der Waals surface area contributed by atoms with Crippen LogP contribution in [-0.2, 0) is 11.3 Å². The summed E-state index contributed by atoms with van der Waals surface area (Å²) < 4.78 is 0. The Bertz CT molecular complexity index is 636. The lowest BCUT2D eigenvalue weighted by molar-refractivity contribution is -0.117. The van der Waals surface area contributed by atoms with Crippen LogP contribution < -0.4 is 5.32 Å². The van der Waals surface area contributed by atoms with Crippen LogP contribution in [0, 0.1) is 13.8 Å². The van der Waals surface area contributed by atoms with Gasteiger partial charge in [-0.25, -0.2) is 0 Å². The van der Waals surface area contributed by atoms with E-state index in [0.29, 0.717) is 12.1 Å². The van der Waals surface area contributed by atoms with E-state index in [9.17, 15) is 9.59 Å². The summed E-state index contributed by atoms with van der Waals surface area (Å²) in [5.74, 6) is -1.10. The quantitative estimate of drug-likeness (QED) is 0.683. The molecular weight excluding hydrogens is 252 g/mol. The summed E-state index contributed by atoms with van der Waals surface area (Å²) in [7, 11) is 0. The number of hydrogen-bond acceptors (Lipinski definition) is 3. The number of carbonyl (C=O) groups excluding carboxylic acids is 2. The lowest BCUT2D eigenvalue weighted by atomic mass is 10.0. The van der Waals surface area contributed by atoms with Crippen molar-refractivity contribution in [3.8, 4) is 0 Å². The lowest BCUT2D eigenvalue weighted by Crippen LogP contribution is -2.31. The first-order valence-electron chi connectivity index (χ1n) is 6.36.